The second kappa shape index (κ2) is 14.7. The van der Waals surface area contributed by atoms with Gasteiger partial charge in [-0.05, 0) is 71.6 Å². The quantitative estimate of drug-likeness (QED) is 0.264. The van der Waals surface area contributed by atoms with E-state index in [-0.39, 0.29) is 28.9 Å². The molecule has 2 aliphatic heterocycles. The number of ether oxygens (including phenoxy) is 2. The minimum Gasteiger partial charge on any atom is -0.491 e. The number of aromatic nitrogens is 2. The van der Waals surface area contributed by atoms with Crippen molar-refractivity contribution in [3.63, 3.8) is 0 Å². The van der Waals surface area contributed by atoms with E-state index in [0.717, 1.165) is 32.1 Å². The third-order valence-electron chi connectivity index (χ3n) is 8.05. The number of hydrogen-bond acceptors (Lipinski definition) is 9. The molecule has 254 valence electrons. The molecular weight excluding hydrogens is 618 g/mol. The Balaban J connectivity index is 1.68. The first-order valence-corrected chi connectivity index (χ1v) is 17.6. The summed E-state index contributed by atoms with van der Waals surface area (Å²) in [6.07, 6.45) is 5.97. The number of carbonyl (C=O) groups is 2. The number of sulfone groups is 1. The zero-order valence-corrected chi connectivity index (χ0v) is 29.0. The van der Waals surface area contributed by atoms with Crippen LogP contribution in [0.25, 0.3) is 11.3 Å². The maximum atomic E-state index is 13.6. The molecule has 3 heterocycles. The molecule has 12 heteroatoms. The predicted octanol–water partition coefficient (Wildman–Crippen LogP) is 6.92. The molecule has 1 unspecified atom stereocenters. The molecule has 0 aliphatic carbocycles. The molecule has 3 aromatic rings. The molecule has 0 saturated carbocycles. The van der Waals surface area contributed by atoms with Crippen molar-refractivity contribution in [1.29, 1.82) is 0 Å². The Morgan fingerprint density at radius 1 is 1.11 bits per heavy atom. The molecule has 2 aromatic carbocycles. The van der Waals surface area contributed by atoms with Crippen LogP contribution in [0, 0.1) is 5.92 Å². The molecule has 4 bridgehead atoms. The molecule has 0 radical (unpaired) electrons. The smallest absolute Gasteiger partial charge is 0.407 e. The van der Waals surface area contributed by atoms with Crippen LogP contribution in [-0.4, -0.2) is 47.3 Å². The Morgan fingerprint density at radius 2 is 1.81 bits per heavy atom. The number of nitrogens with zero attached hydrogens (tertiary/aromatic N) is 2. The molecule has 1 atom stereocenters. The summed E-state index contributed by atoms with van der Waals surface area (Å²) in [5.41, 5.74) is 7.33. The van der Waals surface area contributed by atoms with Crippen molar-refractivity contribution in [2.24, 2.45) is 5.92 Å². The molecule has 1 aromatic heterocycles. The normalized spacial score (nSPS) is 18.8. The highest BCUT2D eigenvalue weighted by molar-refractivity contribution is 7.92. The van der Waals surface area contributed by atoms with E-state index >= 15 is 0 Å². The standard InChI is InChI=1S/C35H47N5O6S/c1-23-12-9-7-8-10-19-45-30-25(21-38-33(42)46-34(2,3)4)13-11-14-27(30)40-32(41)29-31(36)37-22-28(39-29)24-15-17-26(18-16-24)47(43,44)35(5,6)20-23/h11,13-18,22-23H,7-10,12,19-21H2,1-6H3,(H2,36,37)(H,38,42)(H,40,41). The maximum Gasteiger partial charge on any atom is 0.407 e. The average molecular weight is 666 g/mol. The Hall–Kier alpha value is -4.19. The predicted molar refractivity (Wildman–Crippen MR) is 183 cm³/mol. The van der Waals surface area contributed by atoms with Crippen LogP contribution < -0.4 is 21.1 Å². The number of anilines is 2. The number of para-hydroxylation sites is 1. The fraction of sp³-hybridized carbons (Fsp3) is 0.486. The zero-order chi connectivity index (χ0) is 34.4. The first kappa shape index (κ1) is 35.7. The topological polar surface area (TPSA) is 163 Å². The van der Waals surface area contributed by atoms with Gasteiger partial charge in [0.2, 0.25) is 0 Å². The monoisotopic (exact) mass is 665 g/mol. The molecule has 4 N–H and O–H groups in total. The summed E-state index contributed by atoms with van der Waals surface area (Å²) < 4.78 is 37.9. The van der Waals surface area contributed by atoms with Crippen LogP contribution in [-0.2, 0) is 21.1 Å². The highest BCUT2D eigenvalue weighted by Crippen LogP contribution is 2.34. The number of fused-ring (bicyclic) bond motifs is 13. The van der Waals surface area contributed by atoms with E-state index in [9.17, 15) is 18.0 Å². The van der Waals surface area contributed by atoms with Gasteiger partial charge in [-0.2, -0.15) is 0 Å². The van der Waals surface area contributed by atoms with E-state index in [0.29, 0.717) is 41.3 Å². The van der Waals surface area contributed by atoms with Gasteiger partial charge in [0.15, 0.2) is 21.3 Å². The van der Waals surface area contributed by atoms with Gasteiger partial charge in [-0.1, -0.05) is 56.9 Å². The van der Waals surface area contributed by atoms with Crippen molar-refractivity contribution < 1.29 is 27.5 Å². The van der Waals surface area contributed by atoms with Gasteiger partial charge < -0.3 is 25.8 Å². The molecule has 0 saturated heterocycles. The number of rotatable bonds is 2. The van der Waals surface area contributed by atoms with Gasteiger partial charge in [0.25, 0.3) is 5.91 Å². The number of hydrogen-bond donors (Lipinski definition) is 3. The van der Waals surface area contributed by atoms with E-state index in [1.807, 2.05) is 6.07 Å². The van der Waals surface area contributed by atoms with Crippen molar-refractivity contribution in [2.75, 3.05) is 17.7 Å². The van der Waals surface area contributed by atoms with Crippen LogP contribution in [0.1, 0.15) is 96.1 Å². The van der Waals surface area contributed by atoms with Crippen LogP contribution in [0.4, 0.5) is 16.3 Å². The van der Waals surface area contributed by atoms with Crippen molar-refractivity contribution in [3.8, 4) is 17.0 Å². The molecule has 0 fully saturated rings. The SMILES string of the molecule is CC1CCCCCCOc2c(CNC(=O)OC(C)(C)C)cccc2NC(=O)c2nc(cnc2N)-c2ccc(cc2)S(=O)(=O)C(C)(C)C1. The summed E-state index contributed by atoms with van der Waals surface area (Å²) in [6.45, 7) is 11.6. The fourth-order valence-corrected chi connectivity index (χ4v) is 7.29. The summed E-state index contributed by atoms with van der Waals surface area (Å²) in [5, 5.41) is 5.63. The highest BCUT2D eigenvalue weighted by atomic mass is 32.2. The number of nitrogens with two attached hydrogens (primary N) is 1. The average Bonchev–Trinajstić information content (AvgIpc) is 2.99. The number of benzene rings is 2. The van der Waals surface area contributed by atoms with E-state index in [4.69, 9.17) is 15.2 Å². The minimum absolute atomic E-state index is 0.0685. The summed E-state index contributed by atoms with van der Waals surface area (Å²) in [6, 6.07) is 11.7. The third kappa shape index (κ3) is 9.21. The van der Waals surface area contributed by atoms with E-state index in [2.05, 4.69) is 27.5 Å². The Labute approximate surface area is 278 Å². The lowest BCUT2D eigenvalue weighted by Gasteiger charge is -2.28. The number of carbonyl (C=O) groups excluding carboxylic acids is 2. The van der Waals surface area contributed by atoms with Crippen LogP contribution in [0.2, 0.25) is 0 Å². The largest absolute Gasteiger partial charge is 0.491 e. The molecular formula is C35H47N5O6S. The highest BCUT2D eigenvalue weighted by Gasteiger charge is 2.37. The molecule has 2 aliphatic rings. The summed E-state index contributed by atoms with van der Waals surface area (Å²) >= 11 is 0. The summed E-state index contributed by atoms with van der Waals surface area (Å²) in [7, 11) is -3.62. The van der Waals surface area contributed by atoms with Crippen molar-refractivity contribution in [1.82, 2.24) is 15.3 Å². The van der Waals surface area contributed by atoms with Crippen LogP contribution >= 0.6 is 0 Å². The van der Waals surface area contributed by atoms with Gasteiger partial charge in [-0.3, -0.25) is 4.79 Å². The Kier molecular flexibility index (Phi) is 11.2. The van der Waals surface area contributed by atoms with Crippen LogP contribution in [0.15, 0.2) is 53.6 Å². The van der Waals surface area contributed by atoms with E-state index in [1.165, 1.54) is 6.20 Å². The lowest BCUT2D eigenvalue weighted by atomic mass is 9.93. The number of amides is 2. The molecule has 11 nitrogen and oxygen atoms in total. The number of nitrogen functional groups attached to an aromatic ring is 1. The maximum absolute atomic E-state index is 13.6. The van der Waals surface area contributed by atoms with Gasteiger partial charge in [0.1, 0.15) is 11.4 Å². The van der Waals surface area contributed by atoms with Gasteiger partial charge in [-0.15, -0.1) is 0 Å². The lowest BCUT2D eigenvalue weighted by molar-refractivity contribution is 0.0523. The van der Waals surface area contributed by atoms with Crippen molar-refractivity contribution >= 4 is 33.3 Å². The van der Waals surface area contributed by atoms with Crippen molar-refractivity contribution in [2.45, 2.75) is 102 Å². The Bertz CT molecular complexity index is 1680. The molecule has 0 spiro atoms. The Morgan fingerprint density at radius 3 is 2.51 bits per heavy atom. The third-order valence-corrected chi connectivity index (χ3v) is 10.6. The molecule has 47 heavy (non-hydrogen) atoms. The fourth-order valence-electron chi connectivity index (χ4n) is 5.66. The second-order valence-electron chi connectivity index (χ2n) is 13.7. The molecule has 5 rings (SSSR count). The minimum atomic E-state index is -3.62. The lowest BCUT2D eigenvalue weighted by Crippen LogP contribution is -2.34. The van der Waals surface area contributed by atoms with Gasteiger partial charge >= 0.3 is 6.09 Å². The van der Waals surface area contributed by atoms with Gasteiger partial charge in [0, 0.05) is 17.7 Å². The van der Waals surface area contributed by atoms with E-state index in [1.54, 1.807) is 71.0 Å². The first-order chi connectivity index (χ1) is 22.1. The summed E-state index contributed by atoms with van der Waals surface area (Å²) in [5.74, 6) is -0.0151. The van der Waals surface area contributed by atoms with Crippen molar-refractivity contribution in [3.05, 3.63) is 59.9 Å². The zero-order valence-electron chi connectivity index (χ0n) is 28.2. The second-order valence-corrected chi connectivity index (χ2v) is 16.3. The van der Waals surface area contributed by atoms with Gasteiger partial charge in [0.05, 0.1) is 33.8 Å². The van der Waals surface area contributed by atoms with Crippen LogP contribution in [0.5, 0.6) is 5.75 Å². The number of nitrogens with one attached hydrogen (secondary N) is 2. The first-order valence-electron chi connectivity index (χ1n) is 16.1. The van der Waals surface area contributed by atoms with E-state index < -0.39 is 32.2 Å². The van der Waals surface area contributed by atoms with Crippen LogP contribution in [0.3, 0.4) is 0 Å². The summed E-state index contributed by atoms with van der Waals surface area (Å²) in [4.78, 5) is 34.9. The molecule has 2 amide bonds. The van der Waals surface area contributed by atoms with Gasteiger partial charge in [-0.25, -0.2) is 23.2 Å². The number of alkyl carbamates (subject to hydrolysis) is 1.